The van der Waals surface area contributed by atoms with Gasteiger partial charge in [0.15, 0.2) is 0 Å². The fourth-order valence-electron chi connectivity index (χ4n) is 3.00. The summed E-state index contributed by atoms with van der Waals surface area (Å²) >= 11 is 0. The first kappa shape index (κ1) is 15.5. The maximum Gasteiger partial charge on any atom is 0.272 e. The van der Waals surface area contributed by atoms with E-state index in [4.69, 9.17) is 0 Å². The summed E-state index contributed by atoms with van der Waals surface area (Å²) < 4.78 is 0. The molecule has 1 fully saturated rings. The Morgan fingerprint density at radius 3 is 2.61 bits per heavy atom. The Morgan fingerprint density at radius 2 is 1.91 bits per heavy atom. The third kappa shape index (κ3) is 3.70. The lowest BCUT2D eigenvalue weighted by atomic mass is 10.2. The number of anilines is 1. The third-order valence-electron chi connectivity index (χ3n) is 4.32. The van der Waals surface area contributed by atoms with E-state index in [1.54, 1.807) is 6.20 Å². The molecule has 23 heavy (non-hydrogen) atoms. The molecular weight excluding hydrogens is 286 g/mol. The van der Waals surface area contributed by atoms with Gasteiger partial charge >= 0.3 is 0 Å². The van der Waals surface area contributed by atoms with Crippen molar-refractivity contribution in [3.05, 3.63) is 59.9 Å². The predicted molar refractivity (Wildman–Crippen MR) is 92.5 cm³/mol. The first-order valence-electron chi connectivity index (χ1n) is 8.32. The van der Waals surface area contributed by atoms with Crippen LogP contribution in [0.1, 0.15) is 35.8 Å². The van der Waals surface area contributed by atoms with Crippen molar-refractivity contribution in [3.63, 3.8) is 0 Å². The SMILES string of the molecule is CCN(Cc1ccccc1)C(=O)c1cc(N2CCCC2)ccn1. The van der Waals surface area contributed by atoms with Crippen molar-refractivity contribution in [2.45, 2.75) is 26.3 Å². The van der Waals surface area contributed by atoms with E-state index >= 15 is 0 Å². The van der Waals surface area contributed by atoms with E-state index in [0.717, 1.165) is 24.3 Å². The molecule has 0 unspecified atom stereocenters. The number of hydrogen-bond donors (Lipinski definition) is 0. The molecule has 0 N–H and O–H groups in total. The van der Waals surface area contributed by atoms with Crippen LogP contribution in [0.5, 0.6) is 0 Å². The van der Waals surface area contributed by atoms with Crippen LogP contribution in [0.3, 0.4) is 0 Å². The normalized spacial score (nSPS) is 14.0. The number of carbonyl (C=O) groups is 1. The maximum absolute atomic E-state index is 12.8. The van der Waals surface area contributed by atoms with Gasteiger partial charge in [-0.3, -0.25) is 9.78 Å². The summed E-state index contributed by atoms with van der Waals surface area (Å²) in [5.41, 5.74) is 2.78. The molecule has 1 aromatic heterocycles. The smallest absolute Gasteiger partial charge is 0.272 e. The van der Waals surface area contributed by atoms with Gasteiger partial charge in [0.25, 0.3) is 5.91 Å². The molecule has 0 saturated carbocycles. The Kier molecular flexibility index (Phi) is 4.91. The quantitative estimate of drug-likeness (QED) is 0.850. The molecule has 3 rings (SSSR count). The summed E-state index contributed by atoms with van der Waals surface area (Å²) in [6, 6.07) is 14.0. The summed E-state index contributed by atoms with van der Waals surface area (Å²) in [6.45, 7) is 5.43. The standard InChI is InChI=1S/C19H23N3O/c1-2-21(15-16-8-4-3-5-9-16)19(23)18-14-17(10-11-20-18)22-12-6-7-13-22/h3-5,8-11,14H,2,6-7,12-13,15H2,1H3. The van der Waals surface area contributed by atoms with Crippen molar-refractivity contribution in [1.29, 1.82) is 0 Å². The van der Waals surface area contributed by atoms with Crippen LogP contribution in [0.4, 0.5) is 5.69 Å². The van der Waals surface area contributed by atoms with Crippen molar-refractivity contribution in [3.8, 4) is 0 Å². The third-order valence-corrected chi connectivity index (χ3v) is 4.32. The Hall–Kier alpha value is -2.36. The van der Waals surface area contributed by atoms with Gasteiger partial charge in [-0.05, 0) is 37.5 Å². The second-order valence-corrected chi connectivity index (χ2v) is 5.90. The highest BCUT2D eigenvalue weighted by molar-refractivity contribution is 5.93. The average Bonchev–Trinajstić information content (AvgIpc) is 3.15. The first-order chi connectivity index (χ1) is 11.3. The molecule has 1 aliphatic heterocycles. The highest BCUT2D eigenvalue weighted by atomic mass is 16.2. The Bertz CT molecular complexity index is 651. The van der Waals surface area contributed by atoms with Gasteiger partial charge in [-0.1, -0.05) is 30.3 Å². The van der Waals surface area contributed by atoms with E-state index < -0.39 is 0 Å². The molecule has 1 aliphatic rings. The van der Waals surface area contributed by atoms with E-state index in [9.17, 15) is 4.79 Å². The predicted octanol–water partition coefficient (Wildman–Crippen LogP) is 3.34. The number of carbonyl (C=O) groups excluding carboxylic acids is 1. The number of rotatable bonds is 5. The van der Waals surface area contributed by atoms with E-state index in [-0.39, 0.29) is 5.91 Å². The molecule has 1 aromatic carbocycles. The number of hydrogen-bond acceptors (Lipinski definition) is 3. The van der Waals surface area contributed by atoms with Crippen LogP contribution in [0.15, 0.2) is 48.7 Å². The van der Waals surface area contributed by atoms with Crippen LogP contribution in [0.25, 0.3) is 0 Å². The fraction of sp³-hybridized carbons (Fsp3) is 0.368. The van der Waals surface area contributed by atoms with Gasteiger partial charge in [0, 0.05) is 38.1 Å². The van der Waals surface area contributed by atoms with Crippen LogP contribution in [0, 0.1) is 0 Å². The highest BCUT2D eigenvalue weighted by Gasteiger charge is 2.18. The van der Waals surface area contributed by atoms with E-state index in [2.05, 4.69) is 9.88 Å². The van der Waals surface area contributed by atoms with Crippen LogP contribution in [-0.2, 0) is 6.54 Å². The van der Waals surface area contributed by atoms with Crippen molar-refractivity contribution in [2.24, 2.45) is 0 Å². The zero-order valence-electron chi connectivity index (χ0n) is 13.6. The molecule has 0 radical (unpaired) electrons. The topological polar surface area (TPSA) is 36.4 Å². The number of benzene rings is 1. The van der Waals surface area contributed by atoms with Crippen LogP contribution >= 0.6 is 0 Å². The molecule has 0 aliphatic carbocycles. The lowest BCUT2D eigenvalue weighted by Crippen LogP contribution is -2.31. The van der Waals surface area contributed by atoms with E-state index in [1.807, 2.05) is 54.3 Å². The molecule has 1 saturated heterocycles. The molecule has 2 aromatic rings. The minimum atomic E-state index is -0.00241. The van der Waals surface area contributed by atoms with Crippen LogP contribution in [0.2, 0.25) is 0 Å². The van der Waals surface area contributed by atoms with Crippen LogP contribution < -0.4 is 4.90 Å². The summed E-state index contributed by atoms with van der Waals surface area (Å²) in [5.74, 6) is -0.00241. The summed E-state index contributed by atoms with van der Waals surface area (Å²) in [4.78, 5) is 21.3. The van der Waals surface area contributed by atoms with Gasteiger partial charge in [0.05, 0.1) is 0 Å². The maximum atomic E-state index is 12.8. The second-order valence-electron chi connectivity index (χ2n) is 5.90. The number of amides is 1. The molecule has 120 valence electrons. The van der Waals surface area contributed by atoms with Gasteiger partial charge < -0.3 is 9.80 Å². The lowest BCUT2D eigenvalue weighted by Gasteiger charge is -2.22. The zero-order valence-corrected chi connectivity index (χ0v) is 13.6. The van der Waals surface area contributed by atoms with E-state index in [1.165, 1.54) is 12.8 Å². The van der Waals surface area contributed by atoms with E-state index in [0.29, 0.717) is 18.8 Å². The Balaban J connectivity index is 1.76. The number of nitrogens with zero attached hydrogens (tertiary/aromatic N) is 3. The minimum absolute atomic E-state index is 0.00241. The molecule has 2 heterocycles. The van der Waals surface area contributed by atoms with Gasteiger partial charge in [0.2, 0.25) is 0 Å². The van der Waals surface area contributed by atoms with Crippen molar-refractivity contribution >= 4 is 11.6 Å². The average molecular weight is 309 g/mol. The number of aromatic nitrogens is 1. The van der Waals surface area contributed by atoms with Gasteiger partial charge in [-0.15, -0.1) is 0 Å². The minimum Gasteiger partial charge on any atom is -0.371 e. The summed E-state index contributed by atoms with van der Waals surface area (Å²) in [5, 5.41) is 0. The van der Waals surface area contributed by atoms with Gasteiger partial charge in [0.1, 0.15) is 5.69 Å². The van der Waals surface area contributed by atoms with Crippen LogP contribution in [-0.4, -0.2) is 35.4 Å². The molecular formula is C19H23N3O. The molecule has 0 bridgehead atoms. The summed E-state index contributed by atoms with van der Waals surface area (Å²) in [6.07, 6.45) is 4.19. The first-order valence-corrected chi connectivity index (χ1v) is 8.32. The monoisotopic (exact) mass is 309 g/mol. The van der Waals surface area contributed by atoms with Crippen molar-refractivity contribution in [1.82, 2.24) is 9.88 Å². The summed E-state index contributed by atoms with van der Waals surface area (Å²) in [7, 11) is 0. The molecule has 0 spiro atoms. The molecule has 0 atom stereocenters. The Morgan fingerprint density at radius 1 is 1.17 bits per heavy atom. The lowest BCUT2D eigenvalue weighted by molar-refractivity contribution is 0.0746. The van der Waals surface area contributed by atoms with Crippen molar-refractivity contribution in [2.75, 3.05) is 24.5 Å². The second kappa shape index (κ2) is 7.27. The molecule has 1 amide bonds. The Labute approximate surface area is 137 Å². The molecule has 4 heteroatoms. The van der Waals surface area contributed by atoms with Crippen molar-refractivity contribution < 1.29 is 4.79 Å². The van der Waals surface area contributed by atoms with Gasteiger partial charge in [-0.2, -0.15) is 0 Å². The fourth-order valence-corrected chi connectivity index (χ4v) is 3.00. The zero-order chi connectivity index (χ0) is 16.1. The molecule has 4 nitrogen and oxygen atoms in total. The number of pyridine rings is 1. The highest BCUT2D eigenvalue weighted by Crippen LogP contribution is 2.21. The van der Waals surface area contributed by atoms with Gasteiger partial charge in [-0.25, -0.2) is 0 Å². The largest absolute Gasteiger partial charge is 0.371 e.